The van der Waals surface area contributed by atoms with E-state index in [4.69, 9.17) is 0 Å². The molecule has 3 aromatic carbocycles. The summed E-state index contributed by atoms with van der Waals surface area (Å²) in [5, 5.41) is 0. The van der Waals surface area contributed by atoms with Gasteiger partial charge >= 0.3 is 0 Å². The number of benzene rings is 3. The Kier molecular flexibility index (Phi) is 6.18. The van der Waals surface area contributed by atoms with Gasteiger partial charge in [-0.25, -0.2) is 0 Å². The number of nitrogens with zero attached hydrogens (tertiary/aromatic N) is 2. The van der Waals surface area contributed by atoms with Crippen LogP contribution in [0.5, 0.6) is 0 Å². The van der Waals surface area contributed by atoms with Crippen molar-refractivity contribution in [2.75, 3.05) is 32.7 Å². The molecule has 0 unspecified atom stereocenters. The van der Waals surface area contributed by atoms with E-state index in [1.54, 1.807) is 0 Å². The molecule has 3 heteroatoms. The number of carbonyl (C=O) groups excluding carboxylic acids is 1. The standard InChI is InChI=1S/C26H26N2O/c29-26(25-15-13-24(14-16-25)23-11-5-2-6-12-23)28-20-18-27(19-21-28)17-7-10-22-8-3-1-4-9-22/h1-16H,17-21H2/b10-7+. The van der Waals surface area contributed by atoms with Gasteiger partial charge in [-0.15, -0.1) is 0 Å². The number of amides is 1. The number of piperazine rings is 1. The van der Waals surface area contributed by atoms with Crippen molar-refractivity contribution in [1.29, 1.82) is 0 Å². The fourth-order valence-electron chi connectivity index (χ4n) is 3.65. The lowest BCUT2D eigenvalue weighted by atomic mass is 10.0. The third kappa shape index (κ3) is 5.01. The zero-order valence-corrected chi connectivity index (χ0v) is 16.6. The highest BCUT2D eigenvalue weighted by Crippen LogP contribution is 2.20. The second-order valence-electron chi connectivity index (χ2n) is 7.35. The first-order valence-electron chi connectivity index (χ1n) is 10.2. The van der Waals surface area contributed by atoms with Crippen molar-refractivity contribution in [1.82, 2.24) is 9.80 Å². The maximum atomic E-state index is 12.8. The van der Waals surface area contributed by atoms with Crippen LogP contribution in [0.15, 0.2) is 91.0 Å². The van der Waals surface area contributed by atoms with Crippen molar-refractivity contribution < 1.29 is 4.79 Å². The molecule has 3 nitrogen and oxygen atoms in total. The molecule has 1 saturated heterocycles. The lowest BCUT2D eigenvalue weighted by molar-refractivity contribution is 0.0650. The van der Waals surface area contributed by atoms with E-state index < -0.39 is 0 Å². The molecule has 0 atom stereocenters. The molecule has 1 fully saturated rings. The first kappa shape index (κ1) is 19.2. The fraction of sp³-hybridized carbons (Fsp3) is 0.192. The van der Waals surface area contributed by atoms with E-state index in [-0.39, 0.29) is 5.91 Å². The molecule has 0 aromatic heterocycles. The minimum atomic E-state index is 0.129. The normalized spacial score (nSPS) is 15.0. The van der Waals surface area contributed by atoms with Gasteiger partial charge in [-0.3, -0.25) is 9.69 Å². The summed E-state index contributed by atoms with van der Waals surface area (Å²) >= 11 is 0. The molecular weight excluding hydrogens is 356 g/mol. The Morgan fingerprint density at radius 3 is 1.97 bits per heavy atom. The summed E-state index contributed by atoms with van der Waals surface area (Å²) in [4.78, 5) is 17.2. The average molecular weight is 383 g/mol. The van der Waals surface area contributed by atoms with Crippen molar-refractivity contribution in [3.05, 3.63) is 102 Å². The van der Waals surface area contributed by atoms with Crippen molar-refractivity contribution in [2.45, 2.75) is 0 Å². The zero-order valence-electron chi connectivity index (χ0n) is 16.6. The minimum Gasteiger partial charge on any atom is -0.336 e. The van der Waals surface area contributed by atoms with Gasteiger partial charge in [0, 0.05) is 38.3 Å². The predicted octanol–water partition coefficient (Wildman–Crippen LogP) is 4.82. The Morgan fingerprint density at radius 2 is 1.31 bits per heavy atom. The largest absolute Gasteiger partial charge is 0.336 e. The zero-order chi connectivity index (χ0) is 19.9. The van der Waals surface area contributed by atoms with Crippen LogP contribution in [-0.4, -0.2) is 48.4 Å². The molecule has 3 aromatic rings. The van der Waals surface area contributed by atoms with Crippen LogP contribution >= 0.6 is 0 Å². The van der Waals surface area contributed by atoms with Crippen LogP contribution in [-0.2, 0) is 0 Å². The fourth-order valence-corrected chi connectivity index (χ4v) is 3.65. The van der Waals surface area contributed by atoms with Gasteiger partial charge in [0.1, 0.15) is 0 Å². The van der Waals surface area contributed by atoms with Gasteiger partial charge < -0.3 is 4.90 Å². The van der Waals surface area contributed by atoms with Gasteiger partial charge in [0.25, 0.3) is 5.91 Å². The Morgan fingerprint density at radius 1 is 0.724 bits per heavy atom. The van der Waals surface area contributed by atoms with Crippen LogP contribution in [0.4, 0.5) is 0 Å². The summed E-state index contributed by atoms with van der Waals surface area (Å²) in [5.74, 6) is 0.129. The van der Waals surface area contributed by atoms with Crippen LogP contribution in [0.2, 0.25) is 0 Å². The van der Waals surface area contributed by atoms with Gasteiger partial charge in [0.05, 0.1) is 0 Å². The van der Waals surface area contributed by atoms with Crippen LogP contribution in [0.1, 0.15) is 15.9 Å². The third-order valence-electron chi connectivity index (χ3n) is 5.37. The molecule has 146 valence electrons. The Bertz CT molecular complexity index is 941. The molecule has 0 N–H and O–H groups in total. The summed E-state index contributed by atoms with van der Waals surface area (Å²) in [6, 6.07) is 28.6. The predicted molar refractivity (Wildman–Crippen MR) is 120 cm³/mol. The van der Waals surface area contributed by atoms with Crippen molar-refractivity contribution in [3.63, 3.8) is 0 Å². The van der Waals surface area contributed by atoms with E-state index in [2.05, 4.69) is 53.5 Å². The van der Waals surface area contributed by atoms with Gasteiger partial charge in [-0.2, -0.15) is 0 Å². The summed E-state index contributed by atoms with van der Waals surface area (Å²) in [7, 11) is 0. The summed E-state index contributed by atoms with van der Waals surface area (Å²) in [6.45, 7) is 4.29. The number of rotatable bonds is 5. The van der Waals surface area contributed by atoms with E-state index in [1.807, 2.05) is 53.4 Å². The van der Waals surface area contributed by atoms with Gasteiger partial charge in [-0.1, -0.05) is 84.9 Å². The topological polar surface area (TPSA) is 23.6 Å². The molecule has 0 aliphatic carbocycles. The Balaban J connectivity index is 1.29. The molecule has 0 saturated carbocycles. The summed E-state index contributed by atoms with van der Waals surface area (Å²) < 4.78 is 0. The van der Waals surface area contributed by atoms with E-state index in [9.17, 15) is 4.79 Å². The molecule has 4 rings (SSSR count). The smallest absolute Gasteiger partial charge is 0.253 e. The second kappa shape index (κ2) is 9.35. The Labute approximate surface area is 172 Å². The highest BCUT2D eigenvalue weighted by atomic mass is 16.2. The SMILES string of the molecule is O=C(c1ccc(-c2ccccc2)cc1)N1CCN(C/C=C/c2ccccc2)CC1. The van der Waals surface area contributed by atoms with Crippen LogP contribution in [0.3, 0.4) is 0 Å². The van der Waals surface area contributed by atoms with Crippen molar-refractivity contribution in [2.24, 2.45) is 0 Å². The molecule has 0 spiro atoms. The monoisotopic (exact) mass is 382 g/mol. The summed E-state index contributed by atoms with van der Waals surface area (Å²) in [6.07, 6.45) is 4.36. The minimum absolute atomic E-state index is 0.129. The first-order valence-corrected chi connectivity index (χ1v) is 10.2. The van der Waals surface area contributed by atoms with Gasteiger partial charge in [0.15, 0.2) is 0 Å². The van der Waals surface area contributed by atoms with E-state index >= 15 is 0 Å². The lowest BCUT2D eigenvalue weighted by Crippen LogP contribution is -2.48. The molecule has 1 amide bonds. The van der Waals surface area contributed by atoms with Crippen LogP contribution < -0.4 is 0 Å². The Hall–Kier alpha value is -3.17. The molecule has 1 heterocycles. The van der Waals surface area contributed by atoms with E-state index in [0.29, 0.717) is 0 Å². The first-order chi connectivity index (χ1) is 14.3. The lowest BCUT2D eigenvalue weighted by Gasteiger charge is -2.34. The molecule has 29 heavy (non-hydrogen) atoms. The summed E-state index contributed by atoms with van der Waals surface area (Å²) in [5.41, 5.74) is 4.29. The van der Waals surface area contributed by atoms with E-state index in [0.717, 1.165) is 43.9 Å². The maximum absolute atomic E-state index is 12.8. The number of hydrogen-bond acceptors (Lipinski definition) is 2. The average Bonchev–Trinajstić information content (AvgIpc) is 2.80. The van der Waals surface area contributed by atoms with Crippen LogP contribution in [0, 0.1) is 0 Å². The third-order valence-corrected chi connectivity index (χ3v) is 5.37. The number of hydrogen-bond donors (Lipinski definition) is 0. The quantitative estimate of drug-likeness (QED) is 0.631. The molecule has 1 aliphatic rings. The maximum Gasteiger partial charge on any atom is 0.253 e. The highest BCUT2D eigenvalue weighted by Gasteiger charge is 2.21. The number of carbonyl (C=O) groups is 1. The van der Waals surface area contributed by atoms with E-state index in [1.165, 1.54) is 11.1 Å². The van der Waals surface area contributed by atoms with Crippen molar-refractivity contribution in [3.8, 4) is 11.1 Å². The molecule has 0 radical (unpaired) electrons. The second-order valence-corrected chi connectivity index (χ2v) is 7.35. The van der Waals surface area contributed by atoms with Gasteiger partial charge in [-0.05, 0) is 28.8 Å². The van der Waals surface area contributed by atoms with Crippen molar-refractivity contribution >= 4 is 12.0 Å². The molecule has 1 aliphatic heterocycles. The van der Waals surface area contributed by atoms with Crippen LogP contribution in [0.25, 0.3) is 17.2 Å². The molecular formula is C26H26N2O. The highest BCUT2D eigenvalue weighted by molar-refractivity contribution is 5.94. The molecule has 0 bridgehead atoms. The van der Waals surface area contributed by atoms with Gasteiger partial charge in [0.2, 0.25) is 0 Å².